The lowest BCUT2D eigenvalue weighted by Gasteiger charge is -2.34. The summed E-state index contributed by atoms with van der Waals surface area (Å²) < 4.78 is 5.58. The van der Waals surface area contributed by atoms with Crippen molar-refractivity contribution < 1.29 is 9.53 Å². The third kappa shape index (κ3) is 4.36. The number of carbonyl (C=O) groups is 1. The smallest absolute Gasteiger partial charge is 0.410 e. The van der Waals surface area contributed by atoms with Crippen molar-refractivity contribution in [2.45, 2.75) is 19.1 Å². The van der Waals surface area contributed by atoms with Crippen LogP contribution in [0.25, 0.3) is 5.57 Å². The fraction of sp³-hybridized carbons (Fsp3) is 0.167. The maximum Gasteiger partial charge on any atom is 0.410 e. The lowest BCUT2D eigenvalue weighted by molar-refractivity contribution is 0.0865. The molecule has 0 bridgehead atoms. The van der Waals surface area contributed by atoms with Crippen LogP contribution in [0.2, 0.25) is 0 Å². The van der Waals surface area contributed by atoms with Crippen LogP contribution >= 0.6 is 0 Å². The molecule has 30 heavy (non-hydrogen) atoms. The molecule has 1 atom stereocenters. The number of hydrogen-bond acceptors (Lipinski definition) is 5. The van der Waals surface area contributed by atoms with Crippen molar-refractivity contribution in [2.75, 3.05) is 6.54 Å². The molecule has 1 aromatic heterocycles. The Labute approximate surface area is 175 Å². The standard InChI is InChI=1S/C24H20N4O2/c25-15-18-6-8-20(9-7-18)23-14-21(22-16-26-11-12-27-22)10-13-28(23)24(29)30-17-19-4-2-1-3-5-19/h1-9,11-12,14,16,23H,10,13,17H2/t23-/m0/s1. The second-order valence-electron chi connectivity index (χ2n) is 6.94. The minimum Gasteiger partial charge on any atom is -0.445 e. The number of hydrogen-bond donors (Lipinski definition) is 0. The van der Waals surface area contributed by atoms with Crippen LogP contribution in [0.5, 0.6) is 0 Å². The van der Waals surface area contributed by atoms with E-state index in [4.69, 9.17) is 10.00 Å². The summed E-state index contributed by atoms with van der Waals surface area (Å²) in [5, 5.41) is 9.09. The molecule has 0 radical (unpaired) electrons. The van der Waals surface area contributed by atoms with Crippen LogP contribution in [0, 0.1) is 11.3 Å². The van der Waals surface area contributed by atoms with E-state index >= 15 is 0 Å². The van der Waals surface area contributed by atoms with E-state index in [0.717, 1.165) is 22.4 Å². The van der Waals surface area contributed by atoms with Gasteiger partial charge in [0.1, 0.15) is 6.61 Å². The summed E-state index contributed by atoms with van der Waals surface area (Å²) in [6, 6.07) is 18.7. The van der Waals surface area contributed by atoms with Gasteiger partial charge in [0, 0.05) is 18.9 Å². The second-order valence-corrected chi connectivity index (χ2v) is 6.94. The maximum absolute atomic E-state index is 12.9. The highest BCUT2D eigenvalue weighted by Crippen LogP contribution is 2.33. The zero-order valence-electron chi connectivity index (χ0n) is 16.3. The first-order valence-electron chi connectivity index (χ1n) is 9.69. The molecule has 0 fully saturated rings. The third-order valence-electron chi connectivity index (χ3n) is 5.03. The van der Waals surface area contributed by atoms with E-state index in [2.05, 4.69) is 16.0 Å². The van der Waals surface area contributed by atoms with E-state index in [0.29, 0.717) is 18.5 Å². The van der Waals surface area contributed by atoms with Gasteiger partial charge in [-0.1, -0.05) is 48.5 Å². The molecule has 1 amide bonds. The normalized spacial score (nSPS) is 15.8. The summed E-state index contributed by atoms with van der Waals surface area (Å²) in [5.74, 6) is 0. The number of carbonyl (C=O) groups excluding carboxylic acids is 1. The summed E-state index contributed by atoms with van der Waals surface area (Å²) in [5.41, 5.74) is 4.25. The lowest BCUT2D eigenvalue weighted by Crippen LogP contribution is -2.37. The number of ether oxygens (including phenoxy) is 1. The van der Waals surface area contributed by atoms with Gasteiger partial charge in [-0.05, 0) is 35.3 Å². The molecular formula is C24H20N4O2. The van der Waals surface area contributed by atoms with Gasteiger partial charge in [-0.2, -0.15) is 5.26 Å². The molecule has 0 unspecified atom stereocenters. The number of rotatable bonds is 4. The number of aromatic nitrogens is 2. The Kier molecular flexibility index (Phi) is 5.81. The Hall–Kier alpha value is -3.98. The van der Waals surface area contributed by atoms with Crippen molar-refractivity contribution in [3.63, 3.8) is 0 Å². The molecule has 0 saturated carbocycles. The van der Waals surface area contributed by atoms with Crippen molar-refractivity contribution in [3.8, 4) is 6.07 Å². The highest BCUT2D eigenvalue weighted by atomic mass is 16.6. The van der Waals surface area contributed by atoms with Crippen LogP contribution in [0.4, 0.5) is 4.79 Å². The quantitative estimate of drug-likeness (QED) is 0.648. The summed E-state index contributed by atoms with van der Waals surface area (Å²) in [4.78, 5) is 23.2. The van der Waals surface area contributed by atoms with Crippen LogP contribution in [0.3, 0.4) is 0 Å². The molecule has 0 spiro atoms. The molecule has 2 aromatic carbocycles. The minimum absolute atomic E-state index is 0.219. The molecule has 6 nitrogen and oxygen atoms in total. The van der Waals surface area contributed by atoms with Gasteiger partial charge in [0.25, 0.3) is 0 Å². The molecule has 148 valence electrons. The zero-order chi connectivity index (χ0) is 20.8. The van der Waals surface area contributed by atoms with Crippen molar-refractivity contribution in [1.82, 2.24) is 14.9 Å². The third-order valence-corrected chi connectivity index (χ3v) is 5.03. The van der Waals surface area contributed by atoms with Crippen LogP contribution in [-0.4, -0.2) is 27.5 Å². The first-order chi connectivity index (χ1) is 14.7. The highest BCUT2D eigenvalue weighted by Gasteiger charge is 2.29. The number of nitrogens with zero attached hydrogens (tertiary/aromatic N) is 4. The predicted molar refractivity (Wildman–Crippen MR) is 112 cm³/mol. The first-order valence-corrected chi connectivity index (χ1v) is 9.69. The maximum atomic E-state index is 12.9. The van der Waals surface area contributed by atoms with Crippen molar-refractivity contribution in [3.05, 3.63) is 102 Å². The highest BCUT2D eigenvalue weighted by molar-refractivity contribution is 5.73. The Bertz CT molecular complexity index is 1070. The molecule has 4 rings (SSSR count). The Morgan fingerprint density at radius 2 is 1.93 bits per heavy atom. The molecule has 1 aliphatic rings. The largest absolute Gasteiger partial charge is 0.445 e. The zero-order valence-corrected chi connectivity index (χ0v) is 16.3. The molecule has 1 aliphatic heterocycles. The van der Waals surface area contributed by atoms with E-state index < -0.39 is 0 Å². The molecule has 3 aromatic rings. The SMILES string of the molecule is N#Cc1ccc([C@@H]2C=C(c3cnccn3)CCN2C(=O)OCc2ccccc2)cc1. The van der Waals surface area contributed by atoms with Crippen LogP contribution in [0.1, 0.15) is 34.8 Å². The Morgan fingerprint density at radius 1 is 1.13 bits per heavy atom. The predicted octanol–water partition coefficient (Wildman–Crippen LogP) is 4.52. The van der Waals surface area contributed by atoms with Gasteiger partial charge in [0.05, 0.1) is 29.6 Å². The molecule has 6 heteroatoms. The summed E-state index contributed by atoms with van der Waals surface area (Å²) in [7, 11) is 0. The van der Waals surface area contributed by atoms with Crippen LogP contribution in [0.15, 0.2) is 79.3 Å². The van der Waals surface area contributed by atoms with Crippen molar-refractivity contribution in [1.29, 1.82) is 5.26 Å². The van der Waals surface area contributed by atoms with E-state index in [1.54, 1.807) is 35.6 Å². The average molecular weight is 396 g/mol. The lowest BCUT2D eigenvalue weighted by atomic mass is 9.94. The van der Waals surface area contributed by atoms with Gasteiger partial charge in [-0.25, -0.2) is 4.79 Å². The summed E-state index contributed by atoms with van der Waals surface area (Å²) in [6.07, 6.45) is 7.34. The van der Waals surface area contributed by atoms with E-state index in [9.17, 15) is 4.79 Å². The Balaban J connectivity index is 1.60. The van der Waals surface area contributed by atoms with Gasteiger partial charge in [-0.3, -0.25) is 14.9 Å². The summed E-state index contributed by atoms with van der Waals surface area (Å²) in [6.45, 7) is 0.720. The topological polar surface area (TPSA) is 79.1 Å². The van der Waals surface area contributed by atoms with Crippen LogP contribution < -0.4 is 0 Å². The van der Waals surface area contributed by atoms with Crippen molar-refractivity contribution in [2.24, 2.45) is 0 Å². The van der Waals surface area contributed by atoms with E-state index in [1.165, 1.54) is 0 Å². The van der Waals surface area contributed by atoms with Crippen molar-refractivity contribution >= 4 is 11.7 Å². The van der Waals surface area contributed by atoms with E-state index in [1.807, 2.05) is 48.5 Å². The second kappa shape index (κ2) is 9.01. The first kappa shape index (κ1) is 19.3. The number of benzene rings is 2. The molecule has 2 heterocycles. The number of amides is 1. The average Bonchev–Trinajstić information content (AvgIpc) is 2.83. The number of nitriles is 1. The molecule has 0 aliphatic carbocycles. The monoisotopic (exact) mass is 396 g/mol. The van der Waals surface area contributed by atoms with Gasteiger partial charge in [0.2, 0.25) is 0 Å². The van der Waals surface area contributed by atoms with Gasteiger partial charge >= 0.3 is 6.09 Å². The Morgan fingerprint density at radius 3 is 2.63 bits per heavy atom. The summed E-state index contributed by atoms with van der Waals surface area (Å²) >= 11 is 0. The molecular weight excluding hydrogens is 376 g/mol. The van der Waals surface area contributed by atoms with Gasteiger partial charge in [-0.15, -0.1) is 0 Å². The fourth-order valence-corrected chi connectivity index (χ4v) is 3.46. The van der Waals surface area contributed by atoms with Gasteiger partial charge < -0.3 is 4.74 Å². The van der Waals surface area contributed by atoms with Crippen LogP contribution in [-0.2, 0) is 11.3 Å². The molecule has 0 saturated heterocycles. The minimum atomic E-state index is -0.373. The van der Waals surface area contributed by atoms with E-state index in [-0.39, 0.29) is 18.7 Å². The fourth-order valence-electron chi connectivity index (χ4n) is 3.46. The van der Waals surface area contributed by atoms with Gasteiger partial charge in [0.15, 0.2) is 0 Å². The molecule has 0 N–H and O–H groups in total.